The second-order valence-corrected chi connectivity index (χ2v) is 8.53. The average molecular weight is 395 g/mol. The molecule has 5 heteroatoms. The number of hydrogen-bond acceptors (Lipinski definition) is 3. The Morgan fingerprint density at radius 2 is 2.00 bits per heavy atom. The minimum absolute atomic E-state index is 0.175. The lowest BCUT2D eigenvalue weighted by Crippen LogP contribution is -2.42. The number of rotatable bonds is 4. The lowest BCUT2D eigenvalue weighted by atomic mass is 9.75. The van der Waals surface area contributed by atoms with E-state index in [1.165, 1.54) is 22.9 Å². The molecule has 1 N–H and O–H groups in total. The van der Waals surface area contributed by atoms with E-state index in [4.69, 9.17) is 5.11 Å². The van der Waals surface area contributed by atoms with E-state index in [0.717, 1.165) is 24.2 Å². The normalized spacial score (nSPS) is 20.2. The Kier molecular flexibility index (Phi) is 5.69. The molecule has 0 unspecified atom stereocenters. The van der Waals surface area contributed by atoms with Gasteiger partial charge in [-0.15, -0.1) is 0 Å². The van der Waals surface area contributed by atoms with Crippen molar-refractivity contribution in [2.45, 2.75) is 46.0 Å². The van der Waals surface area contributed by atoms with Crippen LogP contribution in [-0.2, 0) is 15.0 Å². The van der Waals surface area contributed by atoms with Crippen LogP contribution >= 0.6 is 0 Å². The molecule has 0 fully saturated rings. The summed E-state index contributed by atoms with van der Waals surface area (Å²) in [5.41, 5.74) is 6.27. The summed E-state index contributed by atoms with van der Waals surface area (Å²) >= 11 is 0. The molecule has 0 radical (unpaired) electrons. The monoisotopic (exact) mass is 394 g/mol. The molecule has 0 saturated heterocycles. The highest BCUT2D eigenvalue weighted by Gasteiger charge is 2.37. The molecule has 3 rings (SSSR count). The fraction of sp³-hybridized carbons (Fsp3) is 0.417. The third-order valence-corrected chi connectivity index (χ3v) is 5.83. The highest BCUT2D eigenvalue weighted by atomic mass is 16.4. The molecule has 0 bridgehead atoms. The lowest BCUT2D eigenvalue weighted by Gasteiger charge is -2.41. The van der Waals surface area contributed by atoms with E-state index in [0.29, 0.717) is 18.5 Å². The number of benzene rings is 1. The van der Waals surface area contributed by atoms with Crippen LogP contribution in [0.1, 0.15) is 51.7 Å². The number of allylic oxidation sites excluding steroid dienone is 4. The van der Waals surface area contributed by atoms with E-state index in [2.05, 4.69) is 44.0 Å². The van der Waals surface area contributed by atoms with Gasteiger partial charge in [-0.25, -0.2) is 4.79 Å². The van der Waals surface area contributed by atoms with Crippen molar-refractivity contribution in [3.05, 3.63) is 53.1 Å². The molecule has 154 valence electrons. The van der Waals surface area contributed by atoms with Gasteiger partial charge >= 0.3 is 5.97 Å². The molecule has 2 aliphatic heterocycles. The molecule has 0 aromatic heterocycles. The quantitative estimate of drug-likeness (QED) is 0.602. The second kappa shape index (κ2) is 7.90. The summed E-state index contributed by atoms with van der Waals surface area (Å²) in [7, 11) is 2.11. The number of carbonyl (C=O) groups is 2. The number of fused-ring (bicyclic) bond motifs is 2. The molecule has 1 amide bonds. The summed E-state index contributed by atoms with van der Waals surface area (Å²) in [6.07, 6.45) is 8.40. The number of nitrogens with zero attached hydrogens (tertiary/aromatic N) is 2. The molecule has 0 atom stereocenters. The molecule has 0 spiro atoms. The van der Waals surface area contributed by atoms with Gasteiger partial charge in [0.1, 0.15) is 0 Å². The summed E-state index contributed by atoms with van der Waals surface area (Å²) in [6.45, 7) is 9.66. The first kappa shape index (κ1) is 20.9. The summed E-state index contributed by atoms with van der Waals surface area (Å²) in [4.78, 5) is 27.6. The largest absolute Gasteiger partial charge is 0.478 e. The first-order valence-corrected chi connectivity index (χ1v) is 10.1. The number of carbonyl (C=O) groups excluding carboxylic acids is 1. The third-order valence-electron chi connectivity index (χ3n) is 5.83. The smallest absolute Gasteiger partial charge is 0.328 e. The van der Waals surface area contributed by atoms with E-state index >= 15 is 0 Å². The van der Waals surface area contributed by atoms with Crippen LogP contribution in [0.4, 0.5) is 11.4 Å². The van der Waals surface area contributed by atoms with Crippen molar-refractivity contribution >= 4 is 28.8 Å². The topological polar surface area (TPSA) is 60.9 Å². The van der Waals surface area contributed by atoms with Gasteiger partial charge in [0.25, 0.3) is 0 Å². The minimum atomic E-state index is -0.942. The first-order chi connectivity index (χ1) is 13.6. The van der Waals surface area contributed by atoms with Crippen LogP contribution in [0.5, 0.6) is 0 Å². The van der Waals surface area contributed by atoms with Crippen molar-refractivity contribution in [2.24, 2.45) is 0 Å². The molecule has 1 aromatic carbocycles. The van der Waals surface area contributed by atoms with Crippen molar-refractivity contribution in [2.75, 3.05) is 29.9 Å². The Balaban J connectivity index is 2.09. The van der Waals surface area contributed by atoms with Crippen LogP contribution < -0.4 is 9.80 Å². The maximum atomic E-state index is 12.7. The van der Waals surface area contributed by atoms with Crippen LogP contribution in [0.2, 0.25) is 0 Å². The number of aliphatic carboxylic acids is 1. The van der Waals surface area contributed by atoms with Gasteiger partial charge in [-0.2, -0.15) is 0 Å². The van der Waals surface area contributed by atoms with E-state index < -0.39 is 5.97 Å². The van der Waals surface area contributed by atoms with Crippen molar-refractivity contribution in [1.29, 1.82) is 0 Å². The average Bonchev–Trinajstić information content (AvgIpc) is 2.62. The van der Waals surface area contributed by atoms with Gasteiger partial charge in [-0.05, 0) is 49.1 Å². The Hall–Kier alpha value is -2.82. The van der Waals surface area contributed by atoms with Crippen LogP contribution in [-0.4, -0.2) is 37.1 Å². The summed E-state index contributed by atoms with van der Waals surface area (Å²) in [5, 5.41) is 8.85. The fourth-order valence-corrected chi connectivity index (χ4v) is 4.24. The zero-order chi connectivity index (χ0) is 21.3. The number of carboxylic acid groups (broad SMARTS) is 1. The van der Waals surface area contributed by atoms with Gasteiger partial charge in [0, 0.05) is 55.0 Å². The highest BCUT2D eigenvalue weighted by Crippen LogP contribution is 2.46. The summed E-state index contributed by atoms with van der Waals surface area (Å²) in [5.74, 6) is -0.767. The summed E-state index contributed by atoms with van der Waals surface area (Å²) < 4.78 is 0. The van der Waals surface area contributed by atoms with Crippen LogP contribution in [0.3, 0.4) is 0 Å². The van der Waals surface area contributed by atoms with Crippen molar-refractivity contribution in [3.8, 4) is 0 Å². The van der Waals surface area contributed by atoms with Crippen LogP contribution in [0.15, 0.2) is 42.0 Å². The number of hydrogen-bond donors (Lipinski definition) is 1. The number of carboxylic acids is 1. The zero-order valence-corrected chi connectivity index (χ0v) is 18.0. The van der Waals surface area contributed by atoms with Crippen molar-refractivity contribution in [3.63, 3.8) is 0 Å². The number of anilines is 2. The molecular formula is C24H30N2O3. The lowest BCUT2D eigenvalue weighted by molar-refractivity contribution is -0.131. The van der Waals surface area contributed by atoms with Gasteiger partial charge < -0.3 is 14.9 Å². The van der Waals surface area contributed by atoms with E-state index in [1.807, 2.05) is 24.0 Å². The Morgan fingerprint density at radius 1 is 1.28 bits per heavy atom. The van der Waals surface area contributed by atoms with Crippen molar-refractivity contribution in [1.82, 2.24) is 0 Å². The highest BCUT2D eigenvalue weighted by molar-refractivity contribution is 5.99. The van der Waals surface area contributed by atoms with Gasteiger partial charge in [0.2, 0.25) is 5.91 Å². The third kappa shape index (κ3) is 4.14. The zero-order valence-electron chi connectivity index (χ0n) is 18.0. The molecule has 0 saturated carbocycles. The van der Waals surface area contributed by atoms with E-state index in [9.17, 15) is 9.59 Å². The summed E-state index contributed by atoms with van der Waals surface area (Å²) in [6, 6.07) is 4.42. The van der Waals surface area contributed by atoms with Gasteiger partial charge in [0.15, 0.2) is 0 Å². The second-order valence-electron chi connectivity index (χ2n) is 8.53. The standard InChI is InChI=1S/C24H30N2O3/c1-6-26-21-13-18-17(9-7-8-16(2)12-23(28)29)10-11-25(5)20(18)14-19(21)24(3,4)15-22(26)27/h7-9,12-14H,6,10-11,15H2,1-5H3,(H,28,29)/b8-7+,16-12+,17-9?. The van der Waals surface area contributed by atoms with Gasteiger partial charge in [0.05, 0.1) is 0 Å². The van der Waals surface area contributed by atoms with Gasteiger partial charge in [-0.1, -0.05) is 32.1 Å². The minimum Gasteiger partial charge on any atom is -0.478 e. The molecular weight excluding hydrogens is 364 g/mol. The van der Waals surface area contributed by atoms with E-state index in [1.54, 1.807) is 6.92 Å². The Morgan fingerprint density at radius 3 is 2.66 bits per heavy atom. The van der Waals surface area contributed by atoms with Gasteiger partial charge in [-0.3, -0.25) is 4.79 Å². The van der Waals surface area contributed by atoms with Crippen LogP contribution in [0.25, 0.3) is 5.57 Å². The molecule has 2 aliphatic rings. The maximum Gasteiger partial charge on any atom is 0.328 e. The maximum absolute atomic E-state index is 12.7. The fourth-order valence-electron chi connectivity index (χ4n) is 4.24. The molecule has 5 nitrogen and oxygen atoms in total. The molecule has 29 heavy (non-hydrogen) atoms. The van der Waals surface area contributed by atoms with Crippen molar-refractivity contribution < 1.29 is 14.7 Å². The molecule has 1 aromatic rings. The predicted octanol–water partition coefficient (Wildman–Crippen LogP) is 4.53. The molecule has 0 aliphatic carbocycles. The molecule has 2 heterocycles. The Bertz CT molecular complexity index is 938. The SMILES string of the molecule is CCN1C(=O)CC(C)(C)c2cc3c(cc21)C(=C/C=C/C(C)=C/C(=O)O)CCN3C. The predicted molar refractivity (Wildman–Crippen MR) is 119 cm³/mol. The van der Waals surface area contributed by atoms with E-state index in [-0.39, 0.29) is 11.3 Å². The Labute approximate surface area is 173 Å². The van der Waals surface area contributed by atoms with Crippen LogP contribution in [0, 0.1) is 0 Å². The number of amides is 1. The first-order valence-electron chi connectivity index (χ1n) is 10.1.